The van der Waals surface area contributed by atoms with Crippen LogP contribution in [-0.2, 0) is 14.3 Å². The summed E-state index contributed by atoms with van der Waals surface area (Å²) in [6, 6.07) is 2.45. The molecule has 0 fully saturated rings. The Bertz CT molecular complexity index is 1270. The minimum atomic E-state index is -3.34. The molecule has 1 aliphatic rings. The highest BCUT2D eigenvalue weighted by Gasteiger charge is 2.21. The summed E-state index contributed by atoms with van der Waals surface area (Å²) in [6.45, 7) is 3.71. The molecule has 4 N–H and O–H groups in total. The van der Waals surface area contributed by atoms with Gasteiger partial charge in [0, 0.05) is 36.6 Å². The zero-order valence-corrected chi connectivity index (χ0v) is 17.8. The minimum Gasteiger partial charge on any atom is -0.501 e. The lowest BCUT2D eigenvalue weighted by molar-refractivity contribution is -0.123. The molecule has 0 saturated carbocycles. The molecule has 176 valence electrons. The van der Waals surface area contributed by atoms with E-state index < -0.39 is 68.8 Å². The highest BCUT2D eigenvalue weighted by Crippen LogP contribution is 2.27. The molecule has 0 aromatic heterocycles. The van der Waals surface area contributed by atoms with Crippen LogP contribution in [0.5, 0.6) is 5.75 Å². The largest absolute Gasteiger partial charge is 0.501 e. The fraction of sp³-hybridized carbons (Fsp3) is 0.500. The number of methoxy groups -OCH3 is 2. The average Bonchev–Trinajstić information content (AvgIpc) is 2.86. The van der Waals surface area contributed by atoms with E-state index in [0.717, 1.165) is 0 Å². The Morgan fingerprint density at radius 1 is 1.31 bits per heavy atom. The van der Waals surface area contributed by atoms with Crippen molar-refractivity contribution < 1.29 is 40.2 Å². The summed E-state index contributed by atoms with van der Waals surface area (Å²) in [4.78, 5) is 23.9. The maximum atomic E-state index is 12.1. The Balaban J connectivity index is 2.27. The number of carbonyl (C=O) groups is 2. The molecule has 8 nitrogen and oxygen atoms in total. The van der Waals surface area contributed by atoms with Crippen LogP contribution in [0, 0.1) is 11.8 Å². The topological polar surface area (TPSA) is 112 Å². The van der Waals surface area contributed by atoms with Crippen molar-refractivity contribution in [2.75, 3.05) is 27.2 Å². The summed E-state index contributed by atoms with van der Waals surface area (Å²) in [6.07, 6.45) is -7.68. The highest BCUT2D eigenvalue weighted by atomic mass is 16.6. The molecular formula is C24H35N3O5. The molecule has 0 heterocycles. The first-order chi connectivity index (χ1) is 19.9. The smallest absolute Gasteiger partial charge is 0.412 e. The maximum Gasteiger partial charge on any atom is 0.412 e. The molecule has 1 aromatic carbocycles. The van der Waals surface area contributed by atoms with Gasteiger partial charge < -0.3 is 30.6 Å². The monoisotopic (exact) mass is 457 g/mol. The molecule has 2 rings (SSSR count). The Kier molecular flexibility index (Phi) is 5.24. The highest BCUT2D eigenvalue weighted by molar-refractivity contribution is 5.81. The summed E-state index contributed by atoms with van der Waals surface area (Å²) in [5, 5.41) is 5.00. The minimum absolute atomic E-state index is 0.00883. The van der Waals surface area contributed by atoms with Crippen molar-refractivity contribution in [1.82, 2.24) is 10.6 Å². The zero-order valence-electron chi connectivity index (χ0n) is 29.8. The molecule has 0 saturated heterocycles. The maximum absolute atomic E-state index is 12.1. The fourth-order valence-corrected chi connectivity index (χ4v) is 2.46. The van der Waals surface area contributed by atoms with Gasteiger partial charge in [0.05, 0.1) is 37.3 Å². The summed E-state index contributed by atoms with van der Waals surface area (Å²) in [7, 11) is -6.46. The molecule has 0 spiro atoms. The first-order valence-corrected chi connectivity index (χ1v) is 9.81. The molecule has 1 aliphatic carbocycles. The van der Waals surface area contributed by atoms with Crippen molar-refractivity contribution in [2.24, 2.45) is 17.5 Å². The number of nitrogens with one attached hydrogen (secondary N) is 2. The average molecular weight is 458 g/mol. The number of benzene rings is 1. The lowest BCUT2D eigenvalue weighted by Crippen LogP contribution is -2.46. The van der Waals surface area contributed by atoms with Crippen LogP contribution in [0.15, 0.2) is 42.2 Å². The van der Waals surface area contributed by atoms with Gasteiger partial charge in [0.1, 0.15) is 5.75 Å². The first-order valence-electron chi connectivity index (χ1n) is 15.8. The van der Waals surface area contributed by atoms with Gasteiger partial charge in [-0.3, -0.25) is 4.79 Å². The van der Waals surface area contributed by atoms with Gasteiger partial charge in [0.2, 0.25) is 5.91 Å². The second kappa shape index (κ2) is 12.9. The lowest BCUT2D eigenvalue weighted by atomic mass is 9.91. The van der Waals surface area contributed by atoms with Crippen LogP contribution in [0.4, 0.5) is 4.79 Å². The molecule has 3 atom stereocenters. The van der Waals surface area contributed by atoms with Gasteiger partial charge in [0.25, 0.3) is 0 Å². The lowest BCUT2D eigenvalue weighted by Gasteiger charge is -2.25. The van der Waals surface area contributed by atoms with Gasteiger partial charge in [-0.1, -0.05) is 38.1 Å². The number of ether oxygens (including phenoxy) is 3. The molecule has 1 aromatic rings. The van der Waals surface area contributed by atoms with Crippen LogP contribution in [0.1, 0.15) is 48.7 Å². The number of allylic oxidation sites excluding steroid dienone is 2. The van der Waals surface area contributed by atoms with E-state index >= 15 is 0 Å². The second-order valence-corrected chi connectivity index (χ2v) is 7.10. The van der Waals surface area contributed by atoms with Crippen LogP contribution in [-0.4, -0.2) is 51.3 Å². The van der Waals surface area contributed by atoms with Crippen molar-refractivity contribution in [3.8, 4) is 5.75 Å². The predicted molar refractivity (Wildman–Crippen MR) is 124 cm³/mol. The molecule has 2 amide bonds. The normalized spacial score (nSPS) is 32.4. The second-order valence-electron chi connectivity index (χ2n) is 7.10. The van der Waals surface area contributed by atoms with E-state index in [2.05, 4.69) is 10.6 Å². The van der Waals surface area contributed by atoms with Crippen molar-refractivity contribution in [2.45, 2.75) is 38.8 Å². The molecule has 32 heavy (non-hydrogen) atoms. The summed E-state index contributed by atoms with van der Waals surface area (Å²) in [5.74, 6) is -4.13. The third kappa shape index (κ3) is 8.36. The van der Waals surface area contributed by atoms with Gasteiger partial charge in [0.15, 0.2) is 0 Å². The third-order valence-corrected chi connectivity index (χ3v) is 4.29. The van der Waals surface area contributed by atoms with Crippen molar-refractivity contribution in [3.05, 3.63) is 47.7 Å². The van der Waals surface area contributed by atoms with Crippen LogP contribution < -0.4 is 21.1 Å². The van der Waals surface area contributed by atoms with Crippen molar-refractivity contribution >= 4 is 18.1 Å². The zero-order chi connectivity index (χ0) is 33.9. The Labute approximate surface area is 207 Å². The van der Waals surface area contributed by atoms with E-state index in [9.17, 15) is 9.59 Å². The van der Waals surface area contributed by atoms with Crippen molar-refractivity contribution in [3.63, 3.8) is 0 Å². The SMILES string of the molecule is [2H]/C(=C(/[2H])C1([2H])C=C(OC([2H])([2H])[2H])CC([2H])(OC([2H])([2H])[2H])C1([2H])[2H])c1ccc(OC(=O)NCCNC(=O)C(N)C(C)C)cc1. The van der Waals surface area contributed by atoms with Gasteiger partial charge in [-0.2, -0.15) is 0 Å². The number of amides is 2. The van der Waals surface area contributed by atoms with E-state index in [1.165, 1.54) is 24.3 Å². The molecule has 8 heteroatoms. The standard InChI is InChI=1S/C24H35N3O5/c1-16(2)22(25)23(28)26-11-12-27-24(29)32-19-9-7-17(8-10-19)5-6-18-13-20(30-3)15-21(14-18)31-4/h5-10,13,16,18,21-22H,11-12,14-15,25H2,1-4H3,(H,26,28)(H,27,29)/b6-5+/i3D3,4D3,5D,6D,14D2,18D,21D. The number of hydrogen-bond donors (Lipinski definition) is 3. The van der Waals surface area contributed by atoms with Crippen molar-refractivity contribution in [1.29, 1.82) is 0 Å². The van der Waals surface area contributed by atoms with E-state index in [-0.39, 0.29) is 36.2 Å². The third-order valence-electron chi connectivity index (χ3n) is 4.29. The molecule has 0 aliphatic heterocycles. The molecular weight excluding hydrogens is 410 g/mol. The molecule has 0 radical (unpaired) electrons. The predicted octanol–water partition coefficient (Wildman–Crippen LogP) is 2.84. The van der Waals surface area contributed by atoms with Crippen LogP contribution in [0.2, 0.25) is 0 Å². The molecule has 0 bridgehead atoms. The van der Waals surface area contributed by atoms with E-state index in [4.69, 9.17) is 36.4 Å². The van der Waals surface area contributed by atoms with Gasteiger partial charge in [-0.25, -0.2) is 4.79 Å². The first kappa shape index (κ1) is 13.0. The van der Waals surface area contributed by atoms with Crippen LogP contribution >= 0.6 is 0 Å². The van der Waals surface area contributed by atoms with E-state index in [0.29, 0.717) is 6.08 Å². The Morgan fingerprint density at radius 2 is 2.06 bits per heavy atom. The van der Waals surface area contributed by atoms with Gasteiger partial charge in [-0.15, -0.1) is 0 Å². The summed E-state index contributed by atoms with van der Waals surface area (Å²) < 4.78 is 110. The summed E-state index contributed by atoms with van der Waals surface area (Å²) in [5.41, 5.74) is 5.68. The fourth-order valence-electron chi connectivity index (χ4n) is 2.46. The Morgan fingerprint density at radius 3 is 2.75 bits per heavy atom. The van der Waals surface area contributed by atoms with E-state index in [1.54, 1.807) is 13.8 Å². The molecule has 3 unspecified atom stereocenters. The Hall–Kier alpha value is -2.84. The van der Waals surface area contributed by atoms with Crippen LogP contribution in [0.25, 0.3) is 6.05 Å². The number of nitrogens with two attached hydrogens (primary N) is 1. The van der Waals surface area contributed by atoms with Gasteiger partial charge in [-0.05, 0) is 36.1 Å². The summed E-state index contributed by atoms with van der Waals surface area (Å²) >= 11 is 0. The number of hydrogen-bond acceptors (Lipinski definition) is 6. The number of carbonyl (C=O) groups excluding carboxylic acids is 2. The van der Waals surface area contributed by atoms with Crippen LogP contribution in [0.3, 0.4) is 0 Å². The van der Waals surface area contributed by atoms with E-state index in [1.807, 2.05) is 0 Å². The quantitative estimate of drug-likeness (QED) is 0.466. The van der Waals surface area contributed by atoms with Gasteiger partial charge >= 0.3 is 6.09 Å². The number of rotatable bonds is 10.